The number of ketones is 1. The normalized spacial score (nSPS) is 16.7. The van der Waals surface area contributed by atoms with Crippen molar-refractivity contribution in [1.82, 2.24) is 5.32 Å². The van der Waals surface area contributed by atoms with Crippen LogP contribution in [0.25, 0.3) is 0 Å². The summed E-state index contributed by atoms with van der Waals surface area (Å²) in [7, 11) is 1.90. The number of nitrogens with one attached hydrogen (secondary N) is 1. The lowest BCUT2D eigenvalue weighted by atomic mass is 9.94. The molecule has 1 aliphatic carbocycles. The van der Waals surface area contributed by atoms with E-state index in [1.807, 2.05) is 45.2 Å². The zero-order chi connectivity index (χ0) is 13.2. The fraction of sp³-hybridized carbons (Fsp3) is 0.533. The SMILES string of the molecule is CNCC1(C(=O)c2ccc(OC(C)C)cc2)CC1. The van der Waals surface area contributed by atoms with Crippen molar-refractivity contribution in [3.63, 3.8) is 0 Å². The average Bonchev–Trinajstić information content (AvgIpc) is 3.10. The van der Waals surface area contributed by atoms with Gasteiger partial charge in [0.25, 0.3) is 0 Å². The predicted molar refractivity (Wildman–Crippen MR) is 72.1 cm³/mol. The smallest absolute Gasteiger partial charge is 0.170 e. The summed E-state index contributed by atoms with van der Waals surface area (Å²) in [6.07, 6.45) is 2.15. The molecule has 0 heterocycles. The molecule has 0 aliphatic heterocycles. The minimum atomic E-state index is -0.144. The molecule has 0 atom stereocenters. The van der Waals surface area contributed by atoms with Crippen LogP contribution in [0.3, 0.4) is 0 Å². The second-order valence-corrected chi connectivity index (χ2v) is 5.33. The molecule has 1 fully saturated rings. The van der Waals surface area contributed by atoms with Crippen molar-refractivity contribution >= 4 is 5.78 Å². The Morgan fingerprint density at radius 1 is 1.33 bits per heavy atom. The van der Waals surface area contributed by atoms with Crippen LogP contribution < -0.4 is 10.1 Å². The van der Waals surface area contributed by atoms with Gasteiger partial charge in [0.2, 0.25) is 0 Å². The highest BCUT2D eigenvalue weighted by atomic mass is 16.5. The van der Waals surface area contributed by atoms with E-state index in [9.17, 15) is 4.79 Å². The van der Waals surface area contributed by atoms with E-state index in [-0.39, 0.29) is 17.3 Å². The molecule has 0 saturated heterocycles. The first-order valence-electron chi connectivity index (χ1n) is 6.53. The standard InChI is InChI=1S/C15H21NO2/c1-11(2)18-13-6-4-12(5-7-13)14(17)15(8-9-15)10-16-3/h4-7,11,16H,8-10H2,1-3H3. The molecule has 1 aliphatic rings. The Morgan fingerprint density at radius 3 is 2.39 bits per heavy atom. The van der Waals surface area contributed by atoms with Gasteiger partial charge in [-0.15, -0.1) is 0 Å². The monoisotopic (exact) mass is 247 g/mol. The maximum absolute atomic E-state index is 12.4. The summed E-state index contributed by atoms with van der Waals surface area (Å²) in [4.78, 5) is 12.4. The molecular formula is C15H21NO2. The lowest BCUT2D eigenvalue weighted by molar-refractivity contribution is 0.0900. The maximum atomic E-state index is 12.4. The van der Waals surface area contributed by atoms with Crippen molar-refractivity contribution in [3.05, 3.63) is 29.8 Å². The molecule has 0 unspecified atom stereocenters. The molecule has 2 rings (SSSR count). The van der Waals surface area contributed by atoms with E-state index in [2.05, 4.69) is 5.32 Å². The number of Topliss-reactive ketones (excluding diaryl/α,β-unsaturated/α-hetero) is 1. The highest BCUT2D eigenvalue weighted by molar-refractivity contribution is 6.02. The van der Waals surface area contributed by atoms with Crippen LogP contribution in [-0.4, -0.2) is 25.5 Å². The molecule has 18 heavy (non-hydrogen) atoms. The van der Waals surface area contributed by atoms with Crippen LogP contribution in [0, 0.1) is 5.41 Å². The Bertz CT molecular complexity index is 419. The highest BCUT2D eigenvalue weighted by Gasteiger charge is 2.48. The molecule has 3 heteroatoms. The van der Waals surface area contributed by atoms with Crippen LogP contribution in [0.4, 0.5) is 0 Å². The summed E-state index contributed by atoms with van der Waals surface area (Å²) in [6, 6.07) is 7.50. The first kappa shape index (κ1) is 13.1. The Balaban J connectivity index is 2.08. The van der Waals surface area contributed by atoms with E-state index in [1.54, 1.807) is 0 Å². The van der Waals surface area contributed by atoms with Crippen molar-refractivity contribution in [2.75, 3.05) is 13.6 Å². The second-order valence-electron chi connectivity index (χ2n) is 5.33. The number of hydrogen-bond donors (Lipinski definition) is 1. The third kappa shape index (κ3) is 2.72. The van der Waals surface area contributed by atoms with E-state index < -0.39 is 0 Å². The molecule has 3 nitrogen and oxygen atoms in total. The number of hydrogen-bond acceptors (Lipinski definition) is 3. The molecule has 1 aromatic rings. The third-order valence-corrected chi connectivity index (χ3v) is 3.34. The van der Waals surface area contributed by atoms with Crippen molar-refractivity contribution in [1.29, 1.82) is 0 Å². The number of carbonyl (C=O) groups is 1. The fourth-order valence-electron chi connectivity index (χ4n) is 2.24. The molecule has 1 aromatic carbocycles. The summed E-state index contributed by atoms with van der Waals surface area (Å²) in [6.45, 7) is 4.76. The minimum Gasteiger partial charge on any atom is -0.491 e. The number of benzene rings is 1. The average molecular weight is 247 g/mol. The third-order valence-electron chi connectivity index (χ3n) is 3.34. The van der Waals surface area contributed by atoms with Gasteiger partial charge in [-0.3, -0.25) is 4.79 Å². The summed E-state index contributed by atoms with van der Waals surface area (Å²) in [5.41, 5.74) is 0.647. The van der Waals surface area contributed by atoms with Crippen LogP contribution in [0.2, 0.25) is 0 Å². The number of rotatable bonds is 6. The minimum absolute atomic E-state index is 0.144. The number of ether oxygens (including phenoxy) is 1. The fourth-order valence-corrected chi connectivity index (χ4v) is 2.24. The lowest BCUT2D eigenvalue weighted by Gasteiger charge is -2.14. The predicted octanol–water partition coefficient (Wildman–Crippen LogP) is 2.66. The molecule has 0 bridgehead atoms. The Kier molecular flexibility index (Phi) is 3.71. The first-order chi connectivity index (χ1) is 8.57. The molecular weight excluding hydrogens is 226 g/mol. The van der Waals surface area contributed by atoms with Crippen LogP contribution in [0.1, 0.15) is 37.0 Å². The summed E-state index contributed by atoms with van der Waals surface area (Å²) in [5, 5.41) is 3.11. The Labute approximate surface area is 109 Å². The van der Waals surface area contributed by atoms with Gasteiger partial charge in [-0.1, -0.05) is 0 Å². The van der Waals surface area contributed by atoms with E-state index in [0.717, 1.165) is 30.7 Å². The topological polar surface area (TPSA) is 38.3 Å². The van der Waals surface area contributed by atoms with E-state index in [0.29, 0.717) is 0 Å². The maximum Gasteiger partial charge on any atom is 0.170 e. The largest absolute Gasteiger partial charge is 0.491 e. The molecule has 0 aromatic heterocycles. The first-order valence-corrected chi connectivity index (χ1v) is 6.53. The zero-order valence-electron chi connectivity index (χ0n) is 11.3. The van der Waals surface area contributed by atoms with E-state index in [4.69, 9.17) is 4.74 Å². The molecule has 0 spiro atoms. The van der Waals surface area contributed by atoms with Crippen LogP contribution in [0.5, 0.6) is 5.75 Å². The number of carbonyl (C=O) groups excluding carboxylic acids is 1. The Morgan fingerprint density at radius 2 is 1.94 bits per heavy atom. The van der Waals surface area contributed by atoms with Gasteiger partial charge in [-0.25, -0.2) is 0 Å². The second kappa shape index (κ2) is 5.11. The van der Waals surface area contributed by atoms with Gasteiger partial charge in [0, 0.05) is 17.5 Å². The van der Waals surface area contributed by atoms with Crippen molar-refractivity contribution in [2.24, 2.45) is 5.41 Å². The van der Waals surface area contributed by atoms with Crippen LogP contribution >= 0.6 is 0 Å². The molecule has 1 saturated carbocycles. The van der Waals surface area contributed by atoms with Gasteiger partial charge in [0.15, 0.2) is 5.78 Å². The summed E-state index contributed by atoms with van der Waals surface area (Å²) >= 11 is 0. The van der Waals surface area contributed by atoms with E-state index >= 15 is 0 Å². The van der Waals surface area contributed by atoms with Crippen molar-refractivity contribution < 1.29 is 9.53 Å². The molecule has 98 valence electrons. The quantitative estimate of drug-likeness (QED) is 0.785. The van der Waals surface area contributed by atoms with Gasteiger partial charge in [0.1, 0.15) is 5.75 Å². The lowest BCUT2D eigenvalue weighted by Crippen LogP contribution is -2.27. The van der Waals surface area contributed by atoms with Crippen molar-refractivity contribution in [2.45, 2.75) is 32.8 Å². The molecule has 0 radical (unpaired) electrons. The van der Waals surface area contributed by atoms with Gasteiger partial charge >= 0.3 is 0 Å². The van der Waals surface area contributed by atoms with E-state index in [1.165, 1.54) is 0 Å². The van der Waals surface area contributed by atoms with Gasteiger partial charge < -0.3 is 10.1 Å². The molecule has 1 N–H and O–H groups in total. The Hall–Kier alpha value is -1.35. The molecule has 0 amide bonds. The van der Waals surface area contributed by atoms with Gasteiger partial charge in [-0.2, -0.15) is 0 Å². The summed E-state index contributed by atoms with van der Waals surface area (Å²) < 4.78 is 5.57. The zero-order valence-corrected chi connectivity index (χ0v) is 11.3. The van der Waals surface area contributed by atoms with Crippen LogP contribution in [-0.2, 0) is 0 Å². The van der Waals surface area contributed by atoms with Gasteiger partial charge in [-0.05, 0) is 58.0 Å². The van der Waals surface area contributed by atoms with Gasteiger partial charge in [0.05, 0.1) is 6.10 Å². The summed E-state index contributed by atoms with van der Waals surface area (Å²) in [5.74, 6) is 1.08. The van der Waals surface area contributed by atoms with Crippen molar-refractivity contribution in [3.8, 4) is 5.75 Å². The highest BCUT2D eigenvalue weighted by Crippen LogP contribution is 2.47. The van der Waals surface area contributed by atoms with Crippen LogP contribution in [0.15, 0.2) is 24.3 Å².